The van der Waals surface area contributed by atoms with Crippen molar-refractivity contribution < 1.29 is 8.98 Å². The highest BCUT2D eigenvalue weighted by Gasteiger charge is 2.31. The Bertz CT molecular complexity index is 1650. The van der Waals surface area contributed by atoms with Crippen molar-refractivity contribution in [1.29, 1.82) is 0 Å². The maximum atomic E-state index is 6.56. The molecule has 4 heterocycles. The third-order valence-electron chi connectivity index (χ3n) is 8.34. The molecule has 38 heavy (non-hydrogen) atoms. The highest BCUT2D eigenvalue weighted by Crippen LogP contribution is 2.49. The topological polar surface area (TPSA) is 23.5 Å². The lowest BCUT2D eigenvalue weighted by atomic mass is 9.94. The zero-order valence-electron chi connectivity index (χ0n) is 22.2. The van der Waals surface area contributed by atoms with Gasteiger partial charge in [-0.3, -0.25) is 0 Å². The van der Waals surface area contributed by atoms with Crippen molar-refractivity contribution >= 4 is 55.5 Å². The number of fused-ring (bicyclic) bond motifs is 5. The number of aromatic nitrogens is 1. The third-order valence-corrected chi connectivity index (χ3v) is 9.45. The van der Waals surface area contributed by atoms with Gasteiger partial charge in [0.1, 0.15) is 10.3 Å². The number of nitrogens with zero attached hydrogens (tertiary/aromatic N) is 3. The zero-order chi connectivity index (χ0) is 25.6. The van der Waals surface area contributed by atoms with Gasteiger partial charge in [-0.05, 0) is 56.1 Å². The number of thiazole rings is 1. The molecule has 192 valence electrons. The third kappa shape index (κ3) is 4.05. The van der Waals surface area contributed by atoms with Crippen LogP contribution in [0.3, 0.4) is 0 Å². The largest absolute Gasteiger partial charge is 0.454 e. The Balaban J connectivity index is 1.32. The lowest BCUT2D eigenvalue weighted by Crippen LogP contribution is -2.39. The summed E-state index contributed by atoms with van der Waals surface area (Å²) >= 11 is 1.88. The standard InChI is InChI=1S/C33H34N3OS/c1-23-16-20-35(21-17-23)18-9-19-36-28-13-6-8-15-30(28)38-31(36)22-26-24-10-3-5-12-27(24)34(2)32-25-11-4-7-14-29(25)37-33(26)32/h3-8,10-15,22-23H,9,16-21H2,1-2H3/q+1. The number of furan rings is 1. The zero-order valence-corrected chi connectivity index (χ0v) is 23.0. The Morgan fingerprint density at radius 2 is 1.74 bits per heavy atom. The summed E-state index contributed by atoms with van der Waals surface area (Å²) in [6.07, 6.45) is 6.20. The fraction of sp³-hybridized carbons (Fsp3) is 0.303. The predicted octanol–water partition coefficient (Wildman–Crippen LogP) is 7.73. The SMILES string of the molecule is CC1CCN(CCC[n+]2c(C=C3c4ccccc4N(C)c4c3oc3ccccc43)sc3ccccc32)CC1. The number of aryl methyl sites for hydroxylation is 1. The van der Waals surface area contributed by atoms with Crippen molar-refractivity contribution in [3.05, 3.63) is 89.1 Å². The van der Waals surface area contributed by atoms with Crippen LogP contribution in [0.5, 0.6) is 0 Å². The Morgan fingerprint density at radius 1 is 0.974 bits per heavy atom. The molecule has 0 atom stereocenters. The average molecular weight is 521 g/mol. The molecule has 5 aromatic rings. The maximum Gasteiger partial charge on any atom is 0.263 e. The summed E-state index contributed by atoms with van der Waals surface area (Å²) in [5.41, 5.74) is 7.00. The van der Waals surface area contributed by atoms with Crippen LogP contribution < -0.4 is 9.47 Å². The monoisotopic (exact) mass is 520 g/mol. The minimum absolute atomic E-state index is 0.875. The van der Waals surface area contributed by atoms with Crippen LogP contribution in [-0.4, -0.2) is 31.6 Å². The van der Waals surface area contributed by atoms with Crippen LogP contribution in [-0.2, 0) is 6.54 Å². The van der Waals surface area contributed by atoms with E-state index in [1.54, 1.807) is 0 Å². The molecule has 0 amide bonds. The van der Waals surface area contributed by atoms with E-state index in [9.17, 15) is 0 Å². The van der Waals surface area contributed by atoms with E-state index in [4.69, 9.17) is 4.42 Å². The summed E-state index contributed by atoms with van der Waals surface area (Å²) < 4.78 is 10.4. The summed E-state index contributed by atoms with van der Waals surface area (Å²) in [7, 11) is 2.15. The normalized spacial score (nSPS) is 17.4. The lowest BCUT2D eigenvalue weighted by Gasteiger charge is -2.29. The maximum absolute atomic E-state index is 6.56. The molecule has 7 rings (SSSR count). The summed E-state index contributed by atoms with van der Waals surface area (Å²) in [6, 6.07) is 25.9. The average Bonchev–Trinajstić information content (AvgIpc) is 3.51. The predicted molar refractivity (Wildman–Crippen MR) is 159 cm³/mol. The van der Waals surface area contributed by atoms with E-state index in [-0.39, 0.29) is 0 Å². The summed E-state index contributed by atoms with van der Waals surface area (Å²) in [5.74, 6) is 1.83. The summed E-state index contributed by atoms with van der Waals surface area (Å²) in [5, 5.41) is 2.43. The number of anilines is 2. The number of benzene rings is 3. The van der Waals surface area contributed by atoms with Gasteiger partial charge in [-0.2, -0.15) is 4.57 Å². The molecule has 0 aliphatic carbocycles. The minimum Gasteiger partial charge on any atom is -0.454 e. The van der Waals surface area contributed by atoms with Crippen LogP contribution in [0.4, 0.5) is 11.4 Å². The van der Waals surface area contributed by atoms with E-state index < -0.39 is 0 Å². The quantitative estimate of drug-likeness (QED) is 0.222. The second-order valence-corrected chi connectivity index (χ2v) is 11.9. The fourth-order valence-corrected chi connectivity index (χ4v) is 7.31. The van der Waals surface area contributed by atoms with E-state index in [2.05, 4.69) is 107 Å². The Hall–Kier alpha value is -3.41. The molecule has 5 heteroatoms. The minimum atomic E-state index is 0.875. The Morgan fingerprint density at radius 3 is 2.63 bits per heavy atom. The number of piperidine rings is 1. The van der Waals surface area contributed by atoms with E-state index in [0.717, 1.165) is 46.9 Å². The van der Waals surface area contributed by atoms with Crippen LogP contribution in [0.25, 0.3) is 32.8 Å². The number of hydrogen-bond acceptors (Lipinski definition) is 4. The molecule has 0 radical (unpaired) electrons. The van der Waals surface area contributed by atoms with Crippen molar-refractivity contribution in [3.63, 3.8) is 0 Å². The molecular weight excluding hydrogens is 486 g/mol. The number of hydrogen-bond donors (Lipinski definition) is 0. The first-order valence-corrected chi connectivity index (χ1v) is 14.7. The molecule has 2 aliphatic heterocycles. The Labute approximate surface area is 228 Å². The molecule has 2 aromatic heterocycles. The molecule has 0 saturated carbocycles. The molecule has 3 aromatic carbocycles. The molecule has 1 fully saturated rings. The van der Waals surface area contributed by atoms with Crippen molar-refractivity contribution in [1.82, 2.24) is 4.90 Å². The molecule has 0 spiro atoms. The molecular formula is C33H34N3OS+. The van der Waals surface area contributed by atoms with E-state index in [1.807, 2.05) is 11.3 Å². The fourth-order valence-electron chi connectivity index (χ4n) is 6.18. The molecule has 0 bridgehead atoms. The molecule has 1 saturated heterocycles. The van der Waals surface area contributed by atoms with E-state index >= 15 is 0 Å². The smallest absolute Gasteiger partial charge is 0.263 e. The van der Waals surface area contributed by atoms with Crippen molar-refractivity contribution in [2.75, 3.05) is 31.6 Å². The number of rotatable bonds is 5. The second-order valence-electron chi connectivity index (χ2n) is 10.8. The molecule has 2 aliphatic rings. The van der Waals surface area contributed by atoms with Gasteiger partial charge in [0, 0.05) is 54.4 Å². The van der Waals surface area contributed by atoms with Gasteiger partial charge in [-0.25, -0.2) is 0 Å². The van der Waals surface area contributed by atoms with Gasteiger partial charge in [0.15, 0.2) is 12.3 Å². The summed E-state index contributed by atoms with van der Waals surface area (Å²) in [4.78, 5) is 4.94. The van der Waals surface area contributed by atoms with Crippen LogP contribution in [0.2, 0.25) is 0 Å². The van der Waals surface area contributed by atoms with Crippen LogP contribution >= 0.6 is 11.3 Å². The first-order valence-electron chi connectivity index (χ1n) is 13.9. The van der Waals surface area contributed by atoms with Gasteiger partial charge >= 0.3 is 0 Å². The first-order chi connectivity index (χ1) is 18.7. The van der Waals surface area contributed by atoms with E-state index in [0.29, 0.717) is 0 Å². The number of likely N-dealkylation sites (tertiary alicyclic amines) is 1. The van der Waals surface area contributed by atoms with Crippen LogP contribution in [0, 0.1) is 5.92 Å². The highest BCUT2D eigenvalue weighted by atomic mass is 32.1. The molecule has 0 N–H and O–H groups in total. The van der Waals surface area contributed by atoms with E-state index in [1.165, 1.54) is 59.0 Å². The van der Waals surface area contributed by atoms with Gasteiger partial charge in [0.2, 0.25) is 5.52 Å². The van der Waals surface area contributed by atoms with Crippen molar-refractivity contribution in [2.24, 2.45) is 5.92 Å². The van der Waals surface area contributed by atoms with Crippen LogP contribution in [0.15, 0.2) is 77.2 Å². The lowest BCUT2D eigenvalue weighted by molar-refractivity contribution is -0.669. The van der Waals surface area contributed by atoms with Crippen LogP contribution in [0.1, 0.15) is 42.5 Å². The molecule has 0 unspecified atom stereocenters. The van der Waals surface area contributed by atoms with Crippen molar-refractivity contribution in [3.8, 4) is 0 Å². The van der Waals surface area contributed by atoms with Crippen molar-refractivity contribution in [2.45, 2.75) is 32.7 Å². The summed E-state index contributed by atoms with van der Waals surface area (Å²) in [6.45, 7) is 7.06. The van der Waals surface area contributed by atoms with Gasteiger partial charge in [-0.1, -0.05) is 60.7 Å². The van der Waals surface area contributed by atoms with Gasteiger partial charge in [-0.15, -0.1) is 0 Å². The van der Waals surface area contributed by atoms with Gasteiger partial charge in [0.25, 0.3) is 5.01 Å². The number of para-hydroxylation sites is 3. The van der Waals surface area contributed by atoms with Gasteiger partial charge in [0.05, 0.1) is 5.69 Å². The molecule has 4 nitrogen and oxygen atoms in total. The van der Waals surface area contributed by atoms with Gasteiger partial charge < -0.3 is 14.2 Å². The highest BCUT2D eigenvalue weighted by molar-refractivity contribution is 7.18. The Kier molecular flexibility index (Phi) is 6.06. The second kappa shape index (κ2) is 9.72. The first kappa shape index (κ1) is 23.7.